The number of unbranched alkanes of at least 4 members (excludes halogenated alkanes) is 8. The molecule has 2 amide bonds. The number of hydrogen-bond acceptors (Lipinski definition) is 12. The van der Waals surface area contributed by atoms with Crippen molar-refractivity contribution in [1.82, 2.24) is 30.6 Å². The van der Waals surface area contributed by atoms with E-state index in [-0.39, 0.29) is 11.7 Å². The number of rotatable bonds is 20. The third-order valence-corrected chi connectivity index (χ3v) is 8.48. The quantitative estimate of drug-likeness (QED) is 0.0960. The van der Waals surface area contributed by atoms with Gasteiger partial charge in [0, 0.05) is 6.42 Å². The number of amides is 2. The maximum absolute atomic E-state index is 13.4. The van der Waals surface area contributed by atoms with E-state index in [0.29, 0.717) is 29.8 Å². The number of hydrogen-bond donors (Lipinski definition) is 8. The zero-order chi connectivity index (χ0) is 31.9. The minimum Gasteiger partial charge on any atom is -0.394 e. The monoisotopic (exact) mass is 639 g/mol. The molecule has 8 N–H and O–H groups in total. The highest BCUT2D eigenvalue weighted by Crippen LogP contribution is 2.26. The van der Waals surface area contributed by atoms with Crippen LogP contribution in [-0.2, 0) is 14.3 Å². The highest BCUT2D eigenvalue weighted by molar-refractivity contribution is 7.98. The fraction of sp³-hybridized carbons (Fsp3) is 0.759. The van der Waals surface area contributed by atoms with Crippen LogP contribution in [0.3, 0.4) is 0 Å². The molecule has 0 aromatic carbocycles. The van der Waals surface area contributed by atoms with Gasteiger partial charge in [-0.25, -0.2) is 15.0 Å². The maximum atomic E-state index is 13.4. The lowest BCUT2D eigenvalue weighted by Crippen LogP contribution is -2.69. The van der Waals surface area contributed by atoms with Crippen LogP contribution in [0.15, 0.2) is 12.7 Å². The number of fused-ring (bicyclic) bond motifs is 1. The second-order valence-corrected chi connectivity index (χ2v) is 12.2. The number of nitrogens with zero attached hydrogens (tertiary/aromatic N) is 3. The number of nitrogens with one attached hydrogen (secondary N) is 4. The molecular weight excluding hydrogens is 590 g/mol. The number of aliphatic hydroxyl groups excluding tert-OH is 4. The van der Waals surface area contributed by atoms with Crippen LogP contribution in [0.4, 0.5) is 5.82 Å². The molecule has 2 aromatic heterocycles. The first-order valence-electron chi connectivity index (χ1n) is 15.6. The van der Waals surface area contributed by atoms with Gasteiger partial charge in [-0.3, -0.25) is 9.59 Å². The van der Waals surface area contributed by atoms with Crippen molar-refractivity contribution in [2.24, 2.45) is 0 Å². The third-order valence-electron chi connectivity index (χ3n) is 7.83. The number of aromatic amines is 1. The molecule has 0 spiro atoms. The summed E-state index contributed by atoms with van der Waals surface area (Å²) in [6.45, 7) is 1.47. The number of carbonyl (C=O) groups excluding carboxylic acids is 2. The fourth-order valence-electron chi connectivity index (χ4n) is 5.28. The first-order chi connectivity index (χ1) is 21.3. The number of thioether (sulfide) groups is 1. The molecule has 7 atom stereocenters. The van der Waals surface area contributed by atoms with Crippen molar-refractivity contribution in [1.29, 1.82) is 0 Å². The molecule has 1 aliphatic rings. The molecule has 0 bridgehead atoms. The predicted molar refractivity (Wildman–Crippen MR) is 168 cm³/mol. The zero-order valence-corrected chi connectivity index (χ0v) is 26.5. The lowest BCUT2D eigenvalue weighted by Gasteiger charge is -2.45. The van der Waals surface area contributed by atoms with Crippen LogP contribution < -0.4 is 16.0 Å². The van der Waals surface area contributed by atoms with Gasteiger partial charge in [0.15, 0.2) is 17.7 Å². The van der Waals surface area contributed by atoms with Gasteiger partial charge in [0.1, 0.15) is 42.3 Å². The molecular formula is C29H49N7O7S. The Kier molecular flexibility index (Phi) is 15.6. The summed E-state index contributed by atoms with van der Waals surface area (Å²) in [7, 11) is 0. The number of H-pyrrole nitrogens is 1. The first kappa shape index (κ1) is 35.9. The van der Waals surface area contributed by atoms with Gasteiger partial charge < -0.3 is 46.1 Å². The van der Waals surface area contributed by atoms with Gasteiger partial charge in [-0.05, 0) is 24.9 Å². The Labute approximate surface area is 262 Å². The lowest BCUT2D eigenvalue weighted by atomic mass is 9.91. The van der Waals surface area contributed by atoms with E-state index < -0.39 is 55.2 Å². The van der Waals surface area contributed by atoms with Crippen molar-refractivity contribution in [3.8, 4) is 0 Å². The van der Waals surface area contributed by atoms with Crippen LogP contribution in [0.2, 0.25) is 0 Å². The molecule has 3 rings (SSSR count). The molecule has 0 radical (unpaired) electrons. The van der Waals surface area contributed by atoms with Crippen LogP contribution in [0, 0.1) is 0 Å². The molecule has 1 fully saturated rings. The summed E-state index contributed by atoms with van der Waals surface area (Å²) in [5, 5.41) is 50.6. The molecule has 0 aliphatic carbocycles. The number of ether oxygens (including phenoxy) is 1. The van der Waals surface area contributed by atoms with E-state index in [4.69, 9.17) is 4.74 Å². The highest BCUT2D eigenvalue weighted by Gasteiger charge is 2.48. The standard InChI is InChI=1S/C29H49N7O7S/c1-3-4-5-6-7-8-9-10-11-12-20(39)34-18(13-14-44-2)28(42)35-21-23(40)24(41)29(43-25(21)19(38)15-37)36-27-22-26(31-16-30-22)32-17-33-27/h16-19,21,23-25,29,37-38,40-41H,3-15H2,1-2H3,(H,34,39)(H,35,42)(H2,30,31,32,33,36)/t18-,19-,21+,23+,24+,25-,29-/m0/s1. The molecule has 3 heterocycles. The van der Waals surface area contributed by atoms with Gasteiger partial charge in [0.05, 0.1) is 19.0 Å². The first-order valence-corrected chi connectivity index (χ1v) is 17.0. The molecule has 2 aromatic rings. The molecule has 44 heavy (non-hydrogen) atoms. The van der Waals surface area contributed by atoms with Gasteiger partial charge in [0.2, 0.25) is 11.8 Å². The van der Waals surface area contributed by atoms with Crippen molar-refractivity contribution in [2.75, 3.05) is 23.9 Å². The second kappa shape index (κ2) is 19.1. The van der Waals surface area contributed by atoms with Gasteiger partial charge in [-0.2, -0.15) is 11.8 Å². The number of aromatic nitrogens is 4. The summed E-state index contributed by atoms with van der Waals surface area (Å²) >= 11 is 1.52. The summed E-state index contributed by atoms with van der Waals surface area (Å²) < 4.78 is 5.89. The normalized spacial score (nSPS) is 23.3. The molecule has 0 saturated carbocycles. The van der Waals surface area contributed by atoms with Crippen molar-refractivity contribution in [3.63, 3.8) is 0 Å². The van der Waals surface area contributed by atoms with E-state index in [1.54, 1.807) is 0 Å². The van der Waals surface area contributed by atoms with Gasteiger partial charge in [-0.15, -0.1) is 0 Å². The Balaban J connectivity index is 1.59. The summed E-state index contributed by atoms with van der Waals surface area (Å²) in [6.07, 6.45) is 8.13. The molecule has 15 heteroatoms. The number of carbonyl (C=O) groups is 2. The summed E-state index contributed by atoms with van der Waals surface area (Å²) in [6, 6.07) is -2.18. The summed E-state index contributed by atoms with van der Waals surface area (Å²) in [5.41, 5.74) is 0.795. The SMILES string of the molecule is CCCCCCCCCCCC(=O)N[C@@H](CCSC)C(=O)N[C@@H]1[C@@H](O)[C@@H](O)[C@@H](Nc2ncnc3nc[nH]c23)O[C@H]1[C@@H](O)CO. The number of imidazole rings is 1. The maximum Gasteiger partial charge on any atom is 0.243 e. The Morgan fingerprint density at radius 2 is 1.75 bits per heavy atom. The second-order valence-electron chi connectivity index (χ2n) is 11.2. The average molecular weight is 640 g/mol. The highest BCUT2D eigenvalue weighted by atomic mass is 32.2. The average Bonchev–Trinajstić information content (AvgIpc) is 3.51. The molecule has 14 nitrogen and oxygen atoms in total. The molecule has 1 aliphatic heterocycles. The zero-order valence-electron chi connectivity index (χ0n) is 25.7. The smallest absolute Gasteiger partial charge is 0.243 e. The van der Waals surface area contributed by atoms with Crippen LogP contribution in [0.1, 0.15) is 77.6 Å². The Bertz CT molecular complexity index is 1140. The van der Waals surface area contributed by atoms with E-state index in [1.165, 1.54) is 56.5 Å². The van der Waals surface area contributed by atoms with E-state index in [0.717, 1.165) is 25.7 Å². The van der Waals surface area contributed by atoms with Crippen LogP contribution in [0.25, 0.3) is 11.2 Å². The van der Waals surface area contributed by atoms with E-state index in [9.17, 15) is 30.0 Å². The van der Waals surface area contributed by atoms with Crippen molar-refractivity contribution < 1.29 is 34.8 Å². The summed E-state index contributed by atoms with van der Waals surface area (Å²) in [4.78, 5) is 41.2. The Morgan fingerprint density at radius 3 is 2.43 bits per heavy atom. The van der Waals surface area contributed by atoms with Crippen molar-refractivity contribution >= 4 is 40.6 Å². The largest absolute Gasteiger partial charge is 0.394 e. The number of aliphatic hydroxyl groups is 4. The minimum absolute atomic E-state index is 0.232. The van der Waals surface area contributed by atoms with Crippen LogP contribution in [0.5, 0.6) is 0 Å². The van der Waals surface area contributed by atoms with Crippen LogP contribution in [-0.4, -0.2) is 114 Å². The molecule has 0 unspecified atom stereocenters. The number of anilines is 1. The Hall–Kier alpha value is -2.56. The molecule has 248 valence electrons. The van der Waals surface area contributed by atoms with Gasteiger partial charge in [-0.1, -0.05) is 58.3 Å². The van der Waals surface area contributed by atoms with Gasteiger partial charge in [0.25, 0.3) is 0 Å². The van der Waals surface area contributed by atoms with Crippen molar-refractivity contribution in [3.05, 3.63) is 12.7 Å². The topological polar surface area (TPSA) is 215 Å². The van der Waals surface area contributed by atoms with E-state index >= 15 is 0 Å². The Morgan fingerprint density at radius 1 is 1.05 bits per heavy atom. The van der Waals surface area contributed by atoms with Gasteiger partial charge >= 0.3 is 0 Å². The lowest BCUT2D eigenvalue weighted by molar-refractivity contribution is -0.204. The minimum atomic E-state index is -1.60. The van der Waals surface area contributed by atoms with Crippen molar-refractivity contribution in [2.45, 2.75) is 120 Å². The van der Waals surface area contributed by atoms with Crippen LogP contribution >= 0.6 is 11.8 Å². The molecule has 1 saturated heterocycles. The third kappa shape index (κ3) is 10.5. The van der Waals surface area contributed by atoms with E-state index in [2.05, 4.69) is 42.8 Å². The summed E-state index contributed by atoms with van der Waals surface area (Å²) in [5.74, 6) is 0.00492. The fourth-order valence-corrected chi connectivity index (χ4v) is 5.75. The predicted octanol–water partition coefficient (Wildman–Crippen LogP) is 1.21. The van der Waals surface area contributed by atoms with E-state index in [1.807, 2.05) is 6.26 Å².